The predicted molar refractivity (Wildman–Crippen MR) is 118 cm³/mol. The number of nitrogens with zero attached hydrogens (tertiary/aromatic N) is 4. The molecule has 1 amide bonds. The predicted octanol–water partition coefficient (Wildman–Crippen LogP) is 1.92. The van der Waals surface area contributed by atoms with Gasteiger partial charge in [0, 0.05) is 24.7 Å². The lowest BCUT2D eigenvalue weighted by atomic mass is 10.0. The van der Waals surface area contributed by atoms with Crippen LogP contribution in [0.1, 0.15) is 59.3 Å². The summed E-state index contributed by atoms with van der Waals surface area (Å²) in [6, 6.07) is 6.17. The maximum absolute atomic E-state index is 14.4. The number of primary amides is 1. The second kappa shape index (κ2) is 8.60. The van der Waals surface area contributed by atoms with E-state index in [1.54, 1.807) is 16.8 Å². The number of aromatic nitrogens is 3. The van der Waals surface area contributed by atoms with Gasteiger partial charge in [0.25, 0.3) is 5.91 Å². The number of aliphatic hydroxyl groups excluding tert-OH is 2. The van der Waals surface area contributed by atoms with Crippen molar-refractivity contribution in [3.05, 3.63) is 53.1 Å². The van der Waals surface area contributed by atoms with Crippen LogP contribution in [0.25, 0.3) is 5.65 Å². The monoisotopic (exact) mass is 455 g/mol. The van der Waals surface area contributed by atoms with Gasteiger partial charge in [0.2, 0.25) is 0 Å². The van der Waals surface area contributed by atoms with Crippen LogP contribution in [0.4, 0.5) is 10.2 Å². The fourth-order valence-corrected chi connectivity index (χ4v) is 4.47. The Morgan fingerprint density at radius 2 is 2.12 bits per heavy atom. The molecule has 33 heavy (non-hydrogen) atoms. The standard InChI is InChI=1S/C23H26FN5O4/c24-15-8-14(9-17(10-15)33-12-16(31)11-30)18-2-1-6-28(18)19-5-7-29-23(26-19)20(22(25)32)21(27-29)13-3-4-13/h5,7-10,13,16,18,30-31H,1-4,6,11-12H2,(H2,25,32)/t16?,18-/m1/s1. The summed E-state index contributed by atoms with van der Waals surface area (Å²) in [7, 11) is 0. The molecule has 1 aromatic carbocycles. The van der Waals surface area contributed by atoms with Crippen molar-refractivity contribution in [2.24, 2.45) is 5.73 Å². The van der Waals surface area contributed by atoms with Gasteiger partial charge in [-0.3, -0.25) is 4.79 Å². The van der Waals surface area contributed by atoms with Crippen LogP contribution in [-0.4, -0.2) is 56.6 Å². The summed E-state index contributed by atoms with van der Waals surface area (Å²) in [6.07, 6.45) is 4.41. The molecule has 174 valence electrons. The molecule has 5 rings (SSSR count). The molecule has 0 radical (unpaired) electrons. The van der Waals surface area contributed by atoms with E-state index in [2.05, 4.69) is 10.00 Å². The Bertz CT molecular complexity index is 1200. The molecule has 4 N–H and O–H groups in total. The number of halogens is 1. The van der Waals surface area contributed by atoms with Crippen LogP contribution in [-0.2, 0) is 0 Å². The van der Waals surface area contributed by atoms with Crippen molar-refractivity contribution < 1.29 is 24.1 Å². The van der Waals surface area contributed by atoms with E-state index in [9.17, 15) is 14.3 Å². The van der Waals surface area contributed by atoms with Crippen LogP contribution in [0, 0.1) is 5.82 Å². The first-order chi connectivity index (χ1) is 15.9. The normalized spacial score (nSPS) is 19.2. The van der Waals surface area contributed by atoms with Gasteiger partial charge in [0.1, 0.15) is 35.7 Å². The van der Waals surface area contributed by atoms with Gasteiger partial charge in [-0.05, 0) is 49.4 Å². The van der Waals surface area contributed by atoms with Crippen LogP contribution in [0.5, 0.6) is 5.75 Å². The molecular formula is C23H26FN5O4. The molecule has 1 aliphatic carbocycles. The fourth-order valence-electron chi connectivity index (χ4n) is 4.47. The van der Waals surface area contributed by atoms with E-state index >= 15 is 0 Å². The zero-order valence-electron chi connectivity index (χ0n) is 18.0. The van der Waals surface area contributed by atoms with Crippen molar-refractivity contribution in [3.8, 4) is 5.75 Å². The van der Waals surface area contributed by atoms with Crippen molar-refractivity contribution >= 4 is 17.4 Å². The number of anilines is 1. The van der Waals surface area contributed by atoms with E-state index in [0.717, 1.165) is 37.8 Å². The molecule has 1 aliphatic heterocycles. The lowest BCUT2D eigenvalue weighted by Crippen LogP contribution is -2.24. The molecule has 2 fully saturated rings. The van der Waals surface area contributed by atoms with E-state index in [4.69, 9.17) is 20.6 Å². The minimum atomic E-state index is -1.04. The van der Waals surface area contributed by atoms with Gasteiger partial charge < -0.3 is 25.6 Å². The average molecular weight is 455 g/mol. The highest BCUT2D eigenvalue weighted by molar-refractivity contribution is 6.00. The highest BCUT2D eigenvalue weighted by Gasteiger charge is 2.34. The molecule has 9 nitrogen and oxygen atoms in total. The minimum Gasteiger partial charge on any atom is -0.491 e. The summed E-state index contributed by atoms with van der Waals surface area (Å²) < 4.78 is 21.4. The Kier molecular flexibility index (Phi) is 5.63. The molecule has 2 atom stereocenters. The Morgan fingerprint density at radius 3 is 2.85 bits per heavy atom. The van der Waals surface area contributed by atoms with Crippen molar-refractivity contribution in [1.29, 1.82) is 0 Å². The van der Waals surface area contributed by atoms with Crippen LogP contribution in [0.15, 0.2) is 30.5 Å². The van der Waals surface area contributed by atoms with Gasteiger partial charge in [-0.15, -0.1) is 0 Å². The molecule has 1 unspecified atom stereocenters. The van der Waals surface area contributed by atoms with Crippen molar-refractivity contribution in [3.63, 3.8) is 0 Å². The SMILES string of the molecule is NC(=O)c1c(C2CC2)nn2ccc(N3CCC[C@@H]3c3cc(F)cc(OCC(O)CO)c3)nc12. The number of carbonyl (C=O) groups excluding carboxylic acids is 1. The Labute approximate surface area is 189 Å². The Morgan fingerprint density at radius 1 is 1.30 bits per heavy atom. The average Bonchev–Trinajstić information content (AvgIpc) is 3.39. The summed E-state index contributed by atoms with van der Waals surface area (Å²) in [5, 5.41) is 23.0. The number of rotatable bonds is 8. The summed E-state index contributed by atoms with van der Waals surface area (Å²) in [4.78, 5) is 19.0. The zero-order chi connectivity index (χ0) is 23.1. The van der Waals surface area contributed by atoms with Gasteiger partial charge in [0.05, 0.1) is 18.3 Å². The number of benzene rings is 1. The van der Waals surface area contributed by atoms with E-state index in [1.165, 1.54) is 12.1 Å². The first-order valence-corrected chi connectivity index (χ1v) is 11.1. The summed E-state index contributed by atoms with van der Waals surface area (Å²) in [6.45, 7) is 0.156. The molecule has 0 spiro atoms. The maximum atomic E-state index is 14.4. The van der Waals surface area contributed by atoms with Crippen molar-refractivity contribution in [2.75, 3.05) is 24.7 Å². The highest BCUT2D eigenvalue weighted by atomic mass is 19.1. The number of fused-ring (bicyclic) bond motifs is 1. The van der Waals surface area contributed by atoms with Gasteiger partial charge in [-0.1, -0.05) is 0 Å². The van der Waals surface area contributed by atoms with Crippen LogP contribution >= 0.6 is 0 Å². The highest BCUT2D eigenvalue weighted by Crippen LogP contribution is 2.42. The summed E-state index contributed by atoms with van der Waals surface area (Å²) in [5.74, 6) is 0.224. The van der Waals surface area contributed by atoms with E-state index in [0.29, 0.717) is 22.7 Å². The number of hydrogen-bond acceptors (Lipinski definition) is 7. The zero-order valence-corrected chi connectivity index (χ0v) is 18.0. The van der Waals surface area contributed by atoms with Crippen LogP contribution in [0.3, 0.4) is 0 Å². The molecule has 3 aromatic rings. The lowest BCUT2D eigenvalue weighted by Gasteiger charge is -2.26. The Balaban J connectivity index is 1.47. The third-order valence-electron chi connectivity index (χ3n) is 6.19. The van der Waals surface area contributed by atoms with Crippen molar-refractivity contribution in [1.82, 2.24) is 14.6 Å². The second-order valence-corrected chi connectivity index (χ2v) is 8.67. The number of nitrogens with two attached hydrogens (primary N) is 1. The molecule has 3 heterocycles. The molecule has 10 heteroatoms. The first-order valence-electron chi connectivity index (χ1n) is 11.1. The van der Waals surface area contributed by atoms with E-state index < -0.39 is 24.4 Å². The molecule has 0 bridgehead atoms. The molecule has 1 saturated heterocycles. The lowest BCUT2D eigenvalue weighted by molar-refractivity contribution is 0.0535. The number of amides is 1. The van der Waals surface area contributed by atoms with Gasteiger partial charge >= 0.3 is 0 Å². The summed E-state index contributed by atoms with van der Waals surface area (Å²) >= 11 is 0. The molecular weight excluding hydrogens is 429 g/mol. The third-order valence-corrected chi connectivity index (χ3v) is 6.19. The van der Waals surface area contributed by atoms with E-state index in [1.807, 2.05) is 6.07 Å². The third kappa shape index (κ3) is 4.23. The quantitative estimate of drug-likeness (QED) is 0.474. The van der Waals surface area contributed by atoms with Crippen molar-refractivity contribution in [2.45, 2.75) is 43.7 Å². The van der Waals surface area contributed by atoms with Gasteiger partial charge in [-0.25, -0.2) is 13.9 Å². The molecule has 2 aromatic heterocycles. The fraction of sp³-hybridized carbons (Fsp3) is 0.435. The first kappa shape index (κ1) is 21.6. The number of carbonyl (C=O) groups is 1. The number of hydrogen-bond donors (Lipinski definition) is 3. The molecule has 2 aliphatic rings. The van der Waals surface area contributed by atoms with Gasteiger partial charge in [-0.2, -0.15) is 5.10 Å². The smallest absolute Gasteiger partial charge is 0.254 e. The van der Waals surface area contributed by atoms with Crippen LogP contribution in [0.2, 0.25) is 0 Å². The van der Waals surface area contributed by atoms with E-state index in [-0.39, 0.29) is 24.3 Å². The summed E-state index contributed by atoms with van der Waals surface area (Å²) in [5.41, 5.74) is 7.92. The largest absolute Gasteiger partial charge is 0.491 e. The topological polar surface area (TPSA) is 126 Å². The van der Waals surface area contributed by atoms with Gasteiger partial charge in [0.15, 0.2) is 5.65 Å². The minimum absolute atomic E-state index is 0.133. The van der Waals surface area contributed by atoms with Crippen LogP contribution < -0.4 is 15.4 Å². The maximum Gasteiger partial charge on any atom is 0.254 e. The number of ether oxygens (including phenoxy) is 1. The second-order valence-electron chi connectivity index (χ2n) is 8.67. The number of aliphatic hydroxyl groups is 2. The molecule has 1 saturated carbocycles. The Hall–Kier alpha value is -3.24.